The molecule has 0 bridgehead atoms. The van der Waals surface area contributed by atoms with Crippen molar-refractivity contribution in [1.82, 2.24) is 0 Å². The predicted molar refractivity (Wildman–Crippen MR) is 81.4 cm³/mol. The van der Waals surface area contributed by atoms with Crippen LogP contribution in [0.3, 0.4) is 0 Å². The van der Waals surface area contributed by atoms with Gasteiger partial charge in [0.05, 0.1) is 0 Å². The Morgan fingerprint density at radius 1 is 1.06 bits per heavy atom. The van der Waals surface area contributed by atoms with E-state index in [9.17, 15) is 0 Å². The molecule has 3 rings (SSSR count). The molecule has 0 spiro atoms. The lowest BCUT2D eigenvalue weighted by Gasteiger charge is -2.04. The Balaban J connectivity index is 1.97. The summed E-state index contributed by atoms with van der Waals surface area (Å²) in [7, 11) is 5.76. The summed E-state index contributed by atoms with van der Waals surface area (Å²) in [5.41, 5.74) is 0.777. The third-order valence-corrected chi connectivity index (χ3v) is 4.06. The largest absolute Gasteiger partial charge is 0.456 e. The molecule has 2 radical (unpaired) electrons. The maximum Gasteiger partial charge on any atom is 0.145 e. The molecular formula is C14H8BBrOS. The summed E-state index contributed by atoms with van der Waals surface area (Å²) in [5.74, 6) is 1.70. The number of fused-ring (bicyclic) bond motifs is 1. The van der Waals surface area contributed by atoms with Gasteiger partial charge < -0.3 is 4.74 Å². The van der Waals surface area contributed by atoms with Crippen LogP contribution in [0.4, 0.5) is 0 Å². The summed E-state index contributed by atoms with van der Waals surface area (Å²) in [4.78, 5) is 0. The van der Waals surface area contributed by atoms with E-state index in [-0.39, 0.29) is 0 Å². The number of thiophene rings is 1. The molecule has 0 N–H and O–H groups in total. The molecule has 18 heavy (non-hydrogen) atoms. The van der Waals surface area contributed by atoms with E-state index in [0.29, 0.717) is 0 Å². The standard InChI is InChI=1S/C14H8BBrOS/c15-9-1-6-12-13(8-18-14(12)7-9)17-11-4-2-10(16)3-5-11/h1-8H. The first kappa shape index (κ1) is 11.8. The predicted octanol–water partition coefficient (Wildman–Crippen LogP) is 4.25. The van der Waals surface area contributed by atoms with Crippen molar-refractivity contribution in [2.24, 2.45) is 0 Å². The Morgan fingerprint density at radius 2 is 1.83 bits per heavy atom. The molecule has 1 nitrogen and oxygen atoms in total. The Kier molecular flexibility index (Phi) is 3.14. The fourth-order valence-corrected chi connectivity index (χ4v) is 2.90. The van der Waals surface area contributed by atoms with E-state index in [2.05, 4.69) is 15.9 Å². The van der Waals surface area contributed by atoms with Crippen LogP contribution in [0, 0.1) is 0 Å². The third-order valence-electron chi connectivity index (χ3n) is 2.61. The molecule has 4 heteroatoms. The van der Waals surface area contributed by atoms with E-state index in [1.807, 2.05) is 47.8 Å². The number of halogens is 1. The molecule has 0 aliphatic rings. The summed E-state index contributed by atoms with van der Waals surface area (Å²) in [5, 5.41) is 3.10. The van der Waals surface area contributed by atoms with Crippen molar-refractivity contribution in [3.05, 3.63) is 52.3 Å². The van der Waals surface area contributed by atoms with Crippen LogP contribution in [0.25, 0.3) is 10.1 Å². The summed E-state index contributed by atoms with van der Waals surface area (Å²) in [6, 6.07) is 13.6. The van der Waals surface area contributed by atoms with Gasteiger partial charge in [0.1, 0.15) is 19.3 Å². The zero-order valence-corrected chi connectivity index (χ0v) is 11.8. The SMILES string of the molecule is [B]c1ccc2c(Oc3ccc(Br)cc3)csc2c1. The molecule has 1 heterocycles. The lowest BCUT2D eigenvalue weighted by atomic mass is 9.96. The van der Waals surface area contributed by atoms with Gasteiger partial charge in [-0.1, -0.05) is 39.6 Å². The topological polar surface area (TPSA) is 9.23 Å². The van der Waals surface area contributed by atoms with Gasteiger partial charge in [-0.15, -0.1) is 11.3 Å². The first-order valence-corrected chi connectivity index (χ1v) is 7.10. The second-order valence-electron chi connectivity index (χ2n) is 3.91. The number of hydrogen-bond donors (Lipinski definition) is 0. The first-order chi connectivity index (χ1) is 8.72. The van der Waals surface area contributed by atoms with Crippen LogP contribution in [0.15, 0.2) is 52.3 Å². The van der Waals surface area contributed by atoms with E-state index in [1.165, 1.54) is 0 Å². The zero-order chi connectivity index (χ0) is 12.5. The van der Waals surface area contributed by atoms with Crippen molar-refractivity contribution < 1.29 is 4.74 Å². The quantitative estimate of drug-likeness (QED) is 0.643. The highest BCUT2D eigenvalue weighted by molar-refractivity contribution is 9.10. The van der Waals surface area contributed by atoms with Crippen molar-refractivity contribution >= 4 is 50.7 Å². The van der Waals surface area contributed by atoms with Crippen molar-refractivity contribution in [3.8, 4) is 11.5 Å². The fourth-order valence-electron chi connectivity index (χ4n) is 1.73. The molecule has 0 amide bonds. The minimum atomic E-state index is 0.777. The van der Waals surface area contributed by atoms with Crippen molar-refractivity contribution in [2.45, 2.75) is 0 Å². The Hall–Kier alpha value is -1.26. The maximum atomic E-state index is 5.88. The van der Waals surface area contributed by atoms with E-state index in [4.69, 9.17) is 12.6 Å². The molecule has 0 aliphatic carbocycles. The maximum absolute atomic E-state index is 5.88. The fraction of sp³-hybridized carbons (Fsp3) is 0. The highest BCUT2D eigenvalue weighted by Gasteiger charge is 2.06. The Labute approximate surface area is 119 Å². The van der Waals surface area contributed by atoms with Gasteiger partial charge in [-0.05, 0) is 24.3 Å². The van der Waals surface area contributed by atoms with Gasteiger partial charge in [0.25, 0.3) is 0 Å². The van der Waals surface area contributed by atoms with Crippen molar-refractivity contribution in [2.75, 3.05) is 0 Å². The second-order valence-corrected chi connectivity index (χ2v) is 5.74. The number of ether oxygens (including phenoxy) is 1. The summed E-state index contributed by atoms with van der Waals surface area (Å²) in [6.07, 6.45) is 0. The molecular weight excluding hydrogens is 307 g/mol. The van der Waals surface area contributed by atoms with Crippen LogP contribution in [0.5, 0.6) is 11.5 Å². The molecule has 0 atom stereocenters. The second kappa shape index (κ2) is 4.79. The van der Waals surface area contributed by atoms with Gasteiger partial charge in [-0.3, -0.25) is 0 Å². The van der Waals surface area contributed by atoms with Crippen molar-refractivity contribution in [3.63, 3.8) is 0 Å². The van der Waals surface area contributed by atoms with Crippen LogP contribution in [0.1, 0.15) is 0 Å². The minimum Gasteiger partial charge on any atom is -0.456 e. The lowest BCUT2D eigenvalue weighted by molar-refractivity contribution is 0.490. The average Bonchev–Trinajstić information content (AvgIpc) is 2.74. The zero-order valence-electron chi connectivity index (χ0n) is 9.39. The van der Waals surface area contributed by atoms with Crippen LogP contribution in [-0.4, -0.2) is 7.85 Å². The molecule has 0 saturated carbocycles. The number of rotatable bonds is 2. The third kappa shape index (κ3) is 2.31. The number of hydrogen-bond acceptors (Lipinski definition) is 2. The van der Waals surface area contributed by atoms with Crippen molar-refractivity contribution in [1.29, 1.82) is 0 Å². The van der Waals surface area contributed by atoms with Crippen LogP contribution in [-0.2, 0) is 0 Å². The van der Waals surface area contributed by atoms with Gasteiger partial charge in [-0.25, -0.2) is 0 Å². The molecule has 0 fully saturated rings. The summed E-state index contributed by atoms with van der Waals surface area (Å²) in [6.45, 7) is 0. The molecule has 86 valence electrons. The lowest BCUT2D eigenvalue weighted by Crippen LogP contribution is -1.98. The molecule has 3 aromatic rings. The molecule has 1 aromatic heterocycles. The van der Waals surface area contributed by atoms with Crippen LogP contribution >= 0.6 is 27.3 Å². The van der Waals surface area contributed by atoms with E-state index >= 15 is 0 Å². The highest BCUT2D eigenvalue weighted by atomic mass is 79.9. The smallest absolute Gasteiger partial charge is 0.145 e. The Morgan fingerprint density at radius 3 is 2.61 bits per heavy atom. The monoisotopic (exact) mass is 314 g/mol. The Bertz CT molecular complexity index is 691. The van der Waals surface area contributed by atoms with E-state index < -0.39 is 0 Å². The molecule has 0 aliphatic heterocycles. The molecule has 0 unspecified atom stereocenters. The van der Waals surface area contributed by atoms with Crippen LogP contribution < -0.4 is 10.2 Å². The summed E-state index contributed by atoms with van der Waals surface area (Å²) < 4.78 is 8.06. The van der Waals surface area contributed by atoms with Gasteiger partial charge in [0, 0.05) is 19.9 Å². The minimum absolute atomic E-state index is 0.777. The molecule has 2 aromatic carbocycles. The van der Waals surface area contributed by atoms with Gasteiger partial charge in [-0.2, -0.15) is 0 Å². The summed E-state index contributed by atoms with van der Waals surface area (Å²) >= 11 is 5.04. The van der Waals surface area contributed by atoms with Gasteiger partial charge in [0.2, 0.25) is 0 Å². The van der Waals surface area contributed by atoms with Crippen LogP contribution in [0.2, 0.25) is 0 Å². The number of benzene rings is 2. The molecule has 0 saturated heterocycles. The van der Waals surface area contributed by atoms with E-state index in [0.717, 1.165) is 31.5 Å². The first-order valence-electron chi connectivity index (χ1n) is 5.42. The highest BCUT2D eigenvalue weighted by Crippen LogP contribution is 2.34. The average molecular weight is 315 g/mol. The normalized spacial score (nSPS) is 10.7. The van der Waals surface area contributed by atoms with Gasteiger partial charge >= 0.3 is 0 Å². The van der Waals surface area contributed by atoms with E-state index in [1.54, 1.807) is 11.3 Å². The van der Waals surface area contributed by atoms with Gasteiger partial charge in [0.15, 0.2) is 0 Å².